The lowest BCUT2D eigenvalue weighted by molar-refractivity contribution is -0.135. The maximum absolute atomic E-state index is 12.8. The van der Waals surface area contributed by atoms with Crippen molar-refractivity contribution in [2.45, 2.75) is 31.7 Å². The smallest absolute Gasteiger partial charge is 0.225 e. The van der Waals surface area contributed by atoms with E-state index in [-0.39, 0.29) is 5.92 Å². The summed E-state index contributed by atoms with van der Waals surface area (Å²) < 4.78 is 0. The molecule has 4 atom stereocenters. The van der Waals surface area contributed by atoms with Crippen LogP contribution in [0.25, 0.3) is 0 Å². The van der Waals surface area contributed by atoms with Crippen LogP contribution in [0.4, 0.5) is 0 Å². The zero-order valence-corrected chi connectivity index (χ0v) is 13.4. The molecule has 3 N–H and O–H groups in total. The molecule has 120 valence electrons. The van der Waals surface area contributed by atoms with Gasteiger partial charge in [0.15, 0.2) is 0 Å². The highest BCUT2D eigenvalue weighted by Crippen LogP contribution is 2.33. The molecule has 0 spiro atoms. The van der Waals surface area contributed by atoms with Crippen molar-refractivity contribution < 1.29 is 4.79 Å². The Kier molecular flexibility index (Phi) is 4.79. The lowest BCUT2D eigenvalue weighted by atomic mass is 9.89. The van der Waals surface area contributed by atoms with Crippen molar-refractivity contribution >= 4 is 5.91 Å². The Morgan fingerprint density at radius 3 is 2.77 bits per heavy atom. The van der Waals surface area contributed by atoms with Gasteiger partial charge < -0.3 is 16.0 Å². The molecule has 3 rings (SSSR count). The molecule has 4 heteroatoms. The third-order valence-corrected chi connectivity index (χ3v) is 5.26. The first-order valence-corrected chi connectivity index (χ1v) is 8.46. The molecule has 1 aromatic rings. The Balaban J connectivity index is 1.70. The van der Waals surface area contributed by atoms with E-state index >= 15 is 0 Å². The van der Waals surface area contributed by atoms with Crippen LogP contribution in [0.2, 0.25) is 0 Å². The first kappa shape index (κ1) is 15.5. The topological polar surface area (TPSA) is 58.4 Å². The minimum Gasteiger partial charge on any atom is -0.341 e. The van der Waals surface area contributed by atoms with Crippen molar-refractivity contribution in [1.29, 1.82) is 0 Å². The molecule has 2 aliphatic rings. The largest absolute Gasteiger partial charge is 0.341 e. The zero-order valence-electron chi connectivity index (χ0n) is 13.4. The number of benzene rings is 1. The van der Waals surface area contributed by atoms with E-state index in [0.717, 1.165) is 32.5 Å². The van der Waals surface area contributed by atoms with Crippen LogP contribution in [-0.4, -0.2) is 43.0 Å². The van der Waals surface area contributed by atoms with Crippen LogP contribution in [-0.2, 0) is 4.79 Å². The van der Waals surface area contributed by atoms with E-state index in [1.54, 1.807) is 0 Å². The summed E-state index contributed by atoms with van der Waals surface area (Å²) in [5.41, 5.74) is 7.29. The van der Waals surface area contributed by atoms with Gasteiger partial charge in [-0.2, -0.15) is 0 Å². The highest BCUT2D eigenvalue weighted by molar-refractivity contribution is 5.79. The summed E-state index contributed by atoms with van der Waals surface area (Å²) in [5.74, 6) is 1.29. The summed E-state index contributed by atoms with van der Waals surface area (Å²) in [6.45, 7) is 5.40. The van der Waals surface area contributed by atoms with E-state index in [1.165, 1.54) is 5.56 Å². The third-order valence-electron chi connectivity index (χ3n) is 5.26. The van der Waals surface area contributed by atoms with E-state index in [2.05, 4.69) is 41.4 Å². The molecule has 2 saturated heterocycles. The van der Waals surface area contributed by atoms with Gasteiger partial charge in [-0.05, 0) is 44.3 Å². The average molecular weight is 301 g/mol. The average Bonchev–Trinajstić information content (AvgIpc) is 2.99. The zero-order chi connectivity index (χ0) is 15.5. The summed E-state index contributed by atoms with van der Waals surface area (Å²) in [7, 11) is 0. The van der Waals surface area contributed by atoms with Crippen molar-refractivity contribution in [3.63, 3.8) is 0 Å². The quantitative estimate of drug-likeness (QED) is 0.891. The number of nitrogens with two attached hydrogens (primary N) is 1. The molecule has 0 aliphatic carbocycles. The molecule has 0 aromatic heterocycles. The van der Waals surface area contributed by atoms with Crippen molar-refractivity contribution in [1.82, 2.24) is 10.2 Å². The normalized spacial score (nSPS) is 32.2. The molecular formula is C18H27N3O. The monoisotopic (exact) mass is 301 g/mol. The van der Waals surface area contributed by atoms with Gasteiger partial charge in [0.2, 0.25) is 5.91 Å². The van der Waals surface area contributed by atoms with Crippen LogP contribution in [0, 0.1) is 11.8 Å². The summed E-state index contributed by atoms with van der Waals surface area (Å²) in [6, 6.07) is 10.9. The van der Waals surface area contributed by atoms with E-state index in [9.17, 15) is 4.79 Å². The van der Waals surface area contributed by atoms with Crippen LogP contribution < -0.4 is 11.1 Å². The summed E-state index contributed by atoms with van der Waals surface area (Å²) in [5, 5.41) is 3.42. The Hall–Kier alpha value is -1.39. The molecule has 1 aromatic carbocycles. The number of hydrogen-bond acceptors (Lipinski definition) is 3. The number of piperidine rings is 1. The summed E-state index contributed by atoms with van der Waals surface area (Å²) in [6.07, 6.45) is 1.92. The van der Waals surface area contributed by atoms with Gasteiger partial charge >= 0.3 is 0 Å². The Labute approximate surface area is 133 Å². The molecule has 4 nitrogen and oxygen atoms in total. The molecule has 2 heterocycles. The second-order valence-corrected chi connectivity index (χ2v) is 6.83. The molecule has 2 fully saturated rings. The number of carbonyl (C=O) groups excluding carboxylic acids is 1. The van der Waals surface area contributed by atoms with Gasteiger partial charge in [-0.15, -0.1) is 0 Å². The molecular weight excluding hydrogens is 274 g/mol. The number of likely N-dealkylation sites (tertiary alicyclic amines) is 1. The highest BCUT2D eigenvalue weighted by atomic mass is 16.2. The fourth-order valence-corrected chi connectivity index (χ4v) is 3.98. The molecule has 1 amide bonds. The van der Waals surface area contributed by atoms with E-state index in [1.807, 2.05) is 6.07 Å². The van der Waals surface area contributed by atoms with E-state index < -0.39 is 0 Å². The van der Waals surface area contributed by atoms with Crippen molar-refractivity contribution in [3.05, 3.63) is 35.9 Å². The van der Waals surface area contributed by atoms with E-state index in [4.69, 9.17) is 5.73 Å². The Bertz CT molecular complexity index is 504. The first-order valence-electron chi connectivity index (χ1n) is 8.46. The van der Waals surface area contributed by atoms with Gasteiger partial charge in [0.25, 0.3) is 0 Å². The number of nitrogens with zero attached hydrogens (tertiary/aromatic N) is 1. The van der Waals surface area contributed by atoms with Crippen LogP contribution >= 0.6 is 0 Å². The molecule has 22 heavy (non-hydrogen) atoms. The maximum atomic E-state index is 12.8. The van der Waals surface area contributed by atoms with E-state index in [0.29, 0.717) is 30.3 Å². The minimum absolute atomic E-state index is 0.184. The lowest BCUT2D eigenvalue weighted by Crippen LogP contribution is -2.43. The van der Waals surface area contributed by atoms with Gasteiger partial charge in [0, 0.05) is 31.0 Å². The van der Waals surface area contributed by atoms with Gasteiger partial charge in [0.05, 0.1) is 0 Å². The van der Waals surface area contributed by atoms with Crippen molar-refractivity contribution in [3.8, 4) is 0 Å². The lowest BCUT2D eigenvalue weighted by Gasteiger charge is -2.30. The van der Waals surface area contributed by atoms with Crippen molar-refractivity contribution in [2.75, 3.05) is 26.2 Å². The molecule has 0 unspecified atom stereocenters. The summed E-state index contributed by atoms with van der Waals surface area (Å²) in [4.78, 5) is 14.9. The summed E-state index contributed by atoms with van der Waals surface area (Å²) >= 11 is 0. The fourth-order valence-electron chi connectivity index (χ4n) is 3.98. The molecule has 2 aliphatic heterocycles. The number of rotatable bonds is 3. The standard InChI is InChI=1S/C18H27N3O/c1-13-9-15(7-8-20-13)18(22)21-11-16(10-19)17(12-21)14-5-3-2-4-6-14/h2-6,13,15-17,20H,7-12,19H2,1H3/t13-,15-,16+,17-/m0/s1. The highest BCUT2D eigenvalue weighted by Gasteiger charge is 2.38. The van der Waals surface area contributed by atoms with Crippen LogP contribution in [0.3, 0.4) is 0 Å². The predicted molar refractivity (Wildman–Crippen MR) is 88.5 cm³/mol. The van der Waals surface area contributed by atoms with Gasteiger partial charge in [-0.1, -0.05) is 30.3 Å². The third kappa shape index (κ3) is 3.18. The fraction of sp³-hybridized carbons (Fsp3) is 0.611. The van der Waals surface area contributed by atoms with Gasteiger partial charge in [-0.3, -0.25) is 4.79 Å². The number of hydrogen-bond donors (Lipinski definition) is 2. The first-order chi connectivity index (χ1) is 10.7. The number of carbonyl (C=O) groups is 1. The molecule has 0 saturated carbocycles. The predicted octanol–water partition coefficient (Wildman–Crippen LogP) is 1.58. The maximum Gasteiger partial charge on any atom is 0.225 e. The molecule has 0 radical (unpaired) electrons. The minimum atomic E-state index is 0.184. The Morgan fingerprint density at radius 2 is 2.09 bits per heavy atom. The second-order valence-electron chi connectivity index (χ2n) is 6.83. The molecule has 0 bridgehead atoms. The second kappa shape index (κ2) is 6.80. The van der Waals surface area contributed by atoms with Gasteiger partial charge in [0.1, 0.15) is 0 Å². The SMILES string of the molecule is C[C@H]1C[C@@H](C(=O)N2C[C@@H](CN)[C@H](c3ccccc3)C2)CCN1. The van der Waals surface area contributed by atoms with Crippen LogP contribution in [0.5, 0.6) is 0 Å². The van der Waals surface area contributed by atoms with Crippen LogP contribution in [0.1, 0.15) is 31.2 Å². The van der Waals surface area contributed by atoms with Gasteiger partial charge in [-0.25, -0.2) is 0 Å². The van der Waals surface area contributed by atoms with Crippen molar-refractivity contribution in [2.24, 2.45) is 17.6 Å². The Morgan fingerprint density at radius 1 is 1.32 bits per heavy atom. The number of amides is 1. The number of nitrogens with one attached hydrogen (secondary N) is 1. The van der Waals surface area contributed by atoms with Crippen LogP contribution in [0.15, 0.2) is 30.3 Å².